The van der Waals surface area contributed by atoms with Crippen molar-refractivity contribution in [3.8, 4) is 11.5 Å². The zero-order valence-electron chi connectivity index (χ0n) is 15.1. The van der Waals surface area contributed by atoms with E-state index in [2.05, 4.69) is 27.7 Å². The van der Waals surface area contributed by atoms with Gasteiger partial charge in [-0.25, -0.2) is 0 Å². The molecule has 0 aliphatic heterocycles. The molecule has 2 unspecified atom stereocenters. The number of hydrogen-bond donors (Lipinski definition) is 2. The van der Waals surface area contributed by atoms with Gasteiger partial charge in [-0.3, -0.25) is 0 Å². The van der Waals surface area contributed by atoms with Crippen LogP contribution in [0.3, 0.4) is 0 Å². The van der Waals surface area contributed by atoms with Crippen LogP contribution in [0, 0.1) is 11.8 Å². The molecular weight excluding hydrogens is 292 g/mol. The van der Waals surface area contributed by atoms with Crippen LogP contribution in [0.2, 0.25) is 0 Å². The van der Waals surface area contributed by atoms with Crippen LogP contribution in [-0.2, 0) is 0 Å². The van der Waals surface area contributed by atoms with Crippen molar-refractivity contribution < 1.29 is 19.7 Å². The minimum absolute atomic E-state index is 0.137. The normalized spacial score (nSPS) is 14.1. The average Bonchev–Trinajstić information content (AvgIpc) is 2.50. The third kappa shape index (κ3) is 7.23. The van der Waals surface area contributed by atoms with Crippen molar-refractivity contribution in [1.82, 2.24) is 0 Å². The number of rotatable bonds is 10. The SMILES string of the molecule is CC(C)COc1ccc(C(C)CC(O)CO)cc1OCC(C)C. The molecule has 0 aliphatic carbocycles. The second kappa shape index (κ2) is 9.78. The van der Waals surface area contributed by atoms with E-state index in [9.17, 15) is 5.11 Å². The van der Waals surface area contributed by atoms with Crippen LogP contribution in [0.4, 0.5) is 0 Å². The molecule has 1 aromatic carbocycles. The number of benzene rings is 1. The van der Waals surface area contributed by atoms with Gasteiger partial charge in [-0.05, 0) is 41.9 Å². The van der Waals surface area contributed by atoms with Gasteiger partial charge in [0.25, 0.3) is 0 Å². The van der Waals surface area contributed by atoms with Gasteiger partial charge in [0, 0.05) is 0 Å². The zero-order chi connectivity index (χ0) is 17.4. The van der Waals surface area contributed by atoms with Crippen molar-refractivity contribution in [2.45, 2.75) is 53.1 Å². The minimum Gasteiger partial charge on any atom is -0.489 e. The predicted octanol–water partition coefficient (Wildman–Crippen LogP) is 3.60. The van der Waals surface area contributed by atoms with Crippen molar-refractivity contribution in [1.29, 1.82) is 0 Å². The lowest BCUT2D eigenvalue weighted by atomic mass is 9.95. The first-order valence-corrected chi connectivity index (χ1v) is 8.51. The topological polar surface area (TPSA) is 58.9 Å². The highest BCUT2D eigenvalue weighted by Gasteiger charge is 2.15. The molecule has 0 aromatic heterocycles. The Labute approximate surface area is 140 Å². The van der Waals surface area contributed by atoms with Gasteiger partial charge in [0.05, 0.1) is 25.9 Å². The molecule has 2 N–H and O–H groups in total. The van der Waals surface area contributed by atoms with Crippen LogP contribution < -0.4 is 9.47 Å². The van der Waals surface area contributed by atoms with Gasteiger partial charge in [-0.15, -0.1) is 0 Å². The fraction of sp³-hybridized carbons (Fsp3) is 0.684. The number of aliphatic hydroxyl groups excluding tert-OH is 2. The Morgan fingerprint density at radius 3 is 2.00 bits per heavy atom. The summed E-state index contributed by atoms with van der Waals surface area (Å²) in [5.74, 6) is 2.54. The molecule has 2 atom stereocenters. The maximum absolute atomic E-state index is 9.63. The molecule has 1 aromatic rings. The van der Waals surface area contributed by atoms with Crippen LogP contribution in [-0.4, -0.2) is 36.1 Å². The molecule has 0 radical (unpaired) electrons. The zero-order valence-corrected chi connectivity index (χ0v) is 15.1. The molecule has 0 heterocycles. The van der Waals surface area contributed by atoms with Gasteiger partial charge in [0.2, 0.25) is 0 Å². The van der Waals surface area contributed by atoms with Crippen molar-refractivity contribution in [2.24, 2.45) is 11.8 Å². The summed E-state index contributed by atoms with van der Waals surface area (Å²) in [4.78, 5) is 0. The van der Waals surface area contributed by atoms with E-state index in [0.717, 1.165) is 17.1 Å². The number of aliphatic hydroxyl groups is 2. The maximum Gasteiger partial charge on any atom is 0.161 e. The quantitative estimate of drug-likeness (QED) is 0.690. The smallest absolute Gasteiger partial charge is 0.161 e. The highest BCUT2D eigenvalue weighted by Crippen LogP contribution is 2.33. The Morgan fingerprint density at radius 2 is 1.48 bits per heavy atom. The molecular formula is C19H32O4. The van der Waals surface area contributed by atoms with E-state index in [0.29, 0.717) is 31.5 Å². The van der Waals surface area contributed by atoms with Gasteiger partial charge >= 0.3 is 0 Å². The summed E-state index contributed by atoms with van der Waals surface area (Å²) in [7, 11) is 0. The van der Waals surface area contributed by atoms with E-state index < -0.39 is 6.10 Å². The van der Waals surface area contributed by atoms with Gasteiger partial charge < -0.3 is 19.7 Å². The van der Waals surface area contributed by atoms with E-state index in [4.69, 9.17) is 14.6 Å². The highest BCUT2D eigenvalue weighted by atomic mass is 16.5. The van der Waals surface area contributed by atoms with Crippen LogP contribution in [0.25, 0.3) is 0 Å². The lowest BCUT2D eigenvalue weighted by molar-refractivity contribution is 0.0835. The van der Waals surface area contributed by atoms with Crippen molar-refractivity contribution in [3.05, 3.63) is 23.8 Å². The molecule has 0 aliphatic rings. The first kappa shape index (κ1) is 19.8. The van der Waals surface area contributed by atoms with Crippen LogP contribution in [0.5, 0.6) is 11.5 Å². The summed E-state index contributed by atoms with van der Waals surface area (Å²) in [6.07, 6.45) is -0.173. The Kier molecular flexibility index (Phi) is 8.42. The fourth-order valence-electron chi connectivity index (χ4n) is 2.19. The van der Waals surface area contributed by atoms with Crippen LogP contribution in [0.15, 0.2) is 18.2 Å². The van der Waals surface area contributed by atoms with E-state index in [-0.39, 0.29) is 12.5 Å². The Bertz CT molecular complexity index is 457. The first-order chi connectivity index (χ1) is 10.8. The van der Waals surface area contributed by atoms with Gasteiger partial charge in [0.1, 0.15) is 0 Å². The molecule has 0 saturated carbocycles. The van der Waals surface area contributed by atoms with E-state index in [1.54, 1.807) is 0 Å². The second-order valence-corrected chi connectivity index (χ2v) is 7.09. The largest absolute Gasteiger partial charge is 0.489 e. The lowest BCUT2D eigenvalue weighted by Gasteiger charge is -2.19. The van der Waals surface area contributed by atoms with Crippen molar-refractivity contribution in [3.63, 3.8) is 0 Å². The van der Waals surface area contributed by atoms with Crippen molar-refractivity contribution in [2.75, 3.05) is 19.8 Å². The molecule has 1 rings (SSSR count). The minimum atomic E-state index is -0.693. The summed E-state index contributed by atoms with van der Waals surface area (Å²) >= 11 is 0. The van der Waals surface area contributed by atoms with Gasteiger partial charge in [-0.1, -0.05) is 40.7 Å². The molecule has 0 amide bonds. The molecule has 0 bridgehead atoms. The third-order valence-electron chi connectivity index (χ3n) is 3.52. The molecule has 0 fully saturated rings. The van der Waals surface area contributed by atoms with E-state index >= 15 is 0 Å². The maximum atomic E-state index is 9.63. The number of ether oxygens (including phenoxy) is 2. The average molecular weight is 324 g/mol. The van der Waals surface area contributed by atoms with E-state index in [1.165, 1.54) is 0 Å². The molecule has 23 heavy (non-hydrogen) atoms. The summed E-state index contributed by atoms with van der Waals surface area (Å²) in [5.41, 5.74) is 1.08. The summed E-state index contributed by atoms with van der Waals surface area (Å²) < 4.78 is 11.8. The molecule has 0 saturated heterocycles. The Morgan fingerprint density at radius 1 is 0.913 bits per heavy atom. The molecule has 4 nitrogen and oxygen atoms in total. The monoisotopic (exact) mass is 324 g/mol. The fourth-order valence-corrected chi connectivity index (χ4v) is 2.19. The van der Waals surface area contributed by atoms with Crippen molar-refractivity contribution >= 4 is 0 Å². The number of hydrogen-bond acceptors (Lipinski definition) is 4. The predicted molar refractivity (Wildman–Crippen MR) is 93.2 cm³/mol. The third-order valence-corrected chi connectivity index (χ3v) is 3.52. The summed E-state index contributed by atoms with van der Waals surface area (Å²) in [6, 6.07) is 5.94. The summed E-state index contributed by atoms with van der Waals surface area (Å²) in [6.45, 7) is 11.6. The van der Waals surface area contributed by atoms with Crippen LogP contribution in [0.1, 0.15) is 52.5 Å². The second-order valence-electron chi connectivity index (χ2n) is 7.09. The highest BCUT2D eigenvalue weighted by molar-refractivity contribution is 5.44. The van der Waals surface area contributed by atoms with E-state index in [1.807, 2.05) is 25.1 Å². The lowest BCUT2D eigenvalue weighted by Crippen LogP contribution is -2.15. The van der Waals surface area contributed by atoms with Gasteiger partial charge in [-0.2, -0.15) is 0 Å². The Hall–Kier alpha value is -1.26. The first-order valence-electron chi connectivity index (χ1n) is 8.51. The standard InChI is InChI=1S/C19H32O4/c1-13(2)11-22-18-7-6-16(15(5)8-17(21)10-20)9-19(18)23-12-14(3)4/h6-7,9,13-15,17,20-21H,8,10-12H2,1-5H3. The molecule has 4 heteroatoms. The Balaban J connectivity index is 2.90. The molecule has 132 valence electrons. The van der Waals surface area contributed by atoms with Gasteiger partial charge in [0.15, 0.2) is 11.5 Å². The van der Waals surface area contributed by atoms with Crippen LogP contribution >= 0.6 is 0 Å². The molecule has 0 spiro atoms. The summed E-state index contributed by atoms with van der Waals surface area (Å²) in [5, 5.41) is 18.6.